The number of hydrogen-bond donors (Lipinski definition) is 0. The van der Waals surface area contributed by atoms with Gasteiger partial charge in [0.05, 0.1) is 5.56 Å². The molecule has 0 aromatic carbocycles. The Kier molecular flexibility index (Phi) is 2.44. The van der Waals surface area contributed by atoms with E-state index in [1.165, 1.54) is 12.3 Å². The smallest absolute Gasteiger partial charge is 0.264 e. The molecule has 1 aromatic rings. The van der Waals surface area contributed by atoms with Crippen molar-refractivity contribution in [3.8, 4) is 0 Å². The van der Waals surface area contributed by atoms with E-state index in [2.05, 4.69) is 4.98 Å². The summed E-state index contributed by atoms with van der Waals surface area (Å²) in [6, 6.07) is 1.49. The Morgan fingerprint density at radius 3 is 2.60 bits per heavy atom. The first kappa shape index (κ1) is 10.5. The third kappa shape index (κ3) is 2.13. The van der Waals surface area contributed by atoms with Crippen LogP contribution in [0, 0.1) is 5.92 Å². The van der Waals surface area contributed by atoms with Gasteiger partial charge in [0.1, 0.15) is 0 Å². The summed E-state index contributed by atoms with van der Waals surface area (Å²) in [5, 5.41) is 0. The zero-order valence-electron chi connectivity index (χ0n) is 8.38. The van der Waals surface area contributed by atoms with Crippen LogP contribution in [0.15, 0.2) is 18.5 Å². The number of alkyl halides is 3. The van der Waals surface area contributed by atoms with Gasteiger partial charge in [-0.3, -0.25) is 4.98 Å². The summed E-state index contributed by atoms with van der Waals surface area (Å²) in [6.45, 7) is 1.86. The fourth-order valence-electron chi connectivity index (χ4n) is 1.89. The van der Waals surface area contributed by atoms with Gasteiger partial charge in [-0.25, -0.2) is 0 Å². The molecule has 0 saturated heterocycles. The van der Waals surface area contributed by atoms with Gasteiger partial charge in [-0.15, -0.1) is 0 Å². The summed E-state index contributed by atoms with van der Waals surface area (Å²) in [6.07, 6.45) is 0.159. The van der Waals surface area contributed by atoms with E-state index < -0.39 is 11.7 Å². The maximum atomic E-state index is 12.7. The zero-order chi connectivity index (χ0) is 11.1. The number of pyridine rings is 1. The molecule has 1 aromatic heterocycles. The fraction of sp³-hybridized carbons (Fsp3) is 0.545. The second-order valence-electron chi connectivity index (χ2n) is 4.09. The summed E-state index contributed by atoms with van der Waals surface area (Å²) in [4.78, 5) is 3.55. The van der Waals surface area contributed by atoms with Crippen LogP contribution in [0.5, 0.6) is 0 Å². The molecular weight excluding hydrogens is 203 g/mol. The third-order valence-corrected chi connectivity index (χ3v) is 2.98. The topological polar surface area (TPSA) is 12.9 Å². The van der Waals surface area contributed by atoms with E-state index in [1.54, 1.807) is 0 Å². The molecule has 1 aliphatic rings. The van der Waals surface area contributed by atoms with Gasteiger partial charge in [0.15, 0.2) is 0 Å². The van der Waals surface area contributed by atoms with Crippen LogP contribution in [0.25, 0.3) is 0 Å². The lowest BCUT2D eigenvalue weighted by Gasteiger charge is -2.17. The molecule has 1 fully saturated rings. The van der Waals surface area contributed by atoms with Crippen LogP contribution in [0.1, 0.15) is 36.8 Å². The average Bonchev–Trinajstić information content (AvgIpc) is 2.98. The van der Waals surface area contributed by atoms with Crippen molar-refractivity contribution in [2.75, 3.05) is 0 Å². The molecule has 1 atom stereocenters. The van der Waals surface area contributed by atoms with Crippen molar-refractivity contribution in [3.63, 3.8) is 0 Å². The number of nitrogens with zero attached hydrogens (tertiary/aromatic N) is 1. The molecule has 2 rings (SSSR count). The minimum absolute atomic E-state index is 0.00961. The van der Waals surface area contributed by atoms with E-state index in [1.807, 2.05) is 6.92 Å². The summed E-state index contributed by atoms with van der Waals surface area (Å²) in [5.74, 6) is 0.415. The van der Waals surface area contributed by atoms with Gasteiger partial charge in [0.2, 0.25) is 0 Å². The molecule has 0 radical (unpaired) electrons. The summed E-state index contributed by atoms with van der Waals surface area (Å²) >= 11 is 0. The number of halogens is 3. The maximum Gasteiger partial charge on any atom is 0.418 e. The third-order valence-electron chi connectivity index (χ3n) is 2.98. The largest absolute Gasteiger partial charge is 0.418 e. The lowest BCUT2D eigenvalue weighted by molar-refractivity contribution is -0.138. The van der Waals surface area contributed by atoms with Crippen LogP contribution in [-0.4, -0.2) is 4.98 Å². The van der Waals surface area contributed by atoms with E-state index in [0.717, 1.165) is 19.0 Å². The summed E-state index contributed by atoms with van der Waals surface area (Å²) < 4.78 is 38.0. The molecule has 1 unspecified atom stereocenters. The highest BCUT2D eigenvalue weighted by molar-refractivity contribution is 5.30. The second kappa shape index (κ2) is 3.51. The fourth-order valence-corrected chi connectivity index (χ4v) is 1.89. The Morgan fingerprint density at radius 1 is 1.40 bits per heavy atom. The Morgan fingerprint density at radius 2 is 2.07 bits per heavy atom. The predicted molar refractivity (Wildman–Crippen MR) is 50.4 cm³/mol. The molecule has 0 spiro atoms. The maximum absolute atomic E-state index is 12.7. The van der Waals surface area contributed by atoms with E-state index in [-0.39, 0.29) is 5.92 Å². The molecule has 1 saturated carbocycles. The SMILES string of the molecule is CC(c1ccncc1C(F)(F)F)C1CC1. The summed E-state index contributed by atoms with van der Waals surface area (Å²) in [7, 11) is 0. The van der Waals surface area contributed by atoms with Crippen LogP contribution in [-0.2, 0) is 6.18 Å². The molecule has 0 amide bonds. The van der Waals surface area contributed by atoms with Gasteiger partial charge in [0.25, 0.3) is 0 Å². The van der Waals surface area contributed by atoms with Gasteiger partial charge in [-0.05, 0) is 36.3 Å². The molecule has 15 heavy (non-hydrogen) atoms. The van der Waals surface area contributed by atoms with E-state index in [4.69, 9.17) is 0 Å². The highest BCUT2D eigenvalue weighted by Crippen LogP contribution is 2.45. The molecule has 0 bridgehead atoms. The Labute approximate surface area is 86.3 Å². The minimum atomic E-state index is -4.28. The van der Waals surface area contributed by atoms with Crippen molar-refractivity contribution in [3.05, 3.63) is 29.6 Å². The highest BCUT2D eigenvalue weighted by atomic mass is 19.4. The van der Waals surface area contributed by atoms with Gasteiger partial charge in [-0.2, -0.15) is 13.2 Å². The van der Waals surface area contributed by atoms with Crippen LogP contribution >= 0.6 is 0 Å². The van der Waals surface area contributed by atoms with Crippen molar-refractivity contribution in [2.45, 2.75) is 31.9 Å². The minimum Gasteiger partial charge on any atom is -0.264 e. The van der Waals surface area contributed by atoms with Crippen molar-refractivity contribution in [1.82, 2.24) is 4.98 Å². The Bertz CT molecular complexity index is 355. The molecule has 4 heteroatoms. The molecule has 82 valence electrons. The Hall–Kier alpha value is -1.06. The molecular formula is C11H12F3N. The lowest BCUT2D eigenvalue weighted by Crippen LogP contribution is -2.12. The van der Waals surface area contributed by atoms with E-state index in [0.29, 0.717) is 11.5 Å². The van der Waals surface area contributed by atoms with Crippen molar-refractivity contribution >= 4 is 0 Å². The van der Waals surface area contributed by atoms with Crippen LogP contribution < -0.4 is 0 Å². The van der Waals surface area contributed by atoms with E-state index >= 15 is 0 Å². The quantitative estimate of drug-likeness (QED) is 0.734. The predicted octanol–water partition coefficient (Wildman–Crippen LogP) is 3.61. The molecule has 0 N–H and O–H groups in total. The summed E-state index contributed by atoms with van der Waals surface area (Å²) in [5.41, 5.74) is -0.190. The van der Waals surface area contributed by atoms with E-state index in [9.17, 15) is 13.2 Å². The van der Waals surface area contributed by atoms with Gasteiger partial charge in [-0.1, -0.05) is 6.92 Å². The number of hydrogen-bond acceptors (Lipinski definition) is 1. The van der Waals surface area contributed by atoms with Crippen molar-refractivity contribution < 1.29 is 13.2 Å². The first-order valence-corrected chi connectivity index (χ1v) is 5.01. The number of aromatic nitrogens is 1. The highest BCUT2D eigenvalue weighted by Gasteiger charge is 2.38. The zero-order valence-corrected chi connectivity index (χ0v) is 8.38. The monoisotopic (exact) mass is 215 g/mol. The van der Waals surface area contributed by atoms with Gasteiger partial charge < -0.3 is 0 Å². The Balaban J connectivity index is 2.37. The molecule has 1 heterocycles. The second-order valence-corrected chi connectivity index (χ2v) is 4.09. The average molecular weight is 215 g/mol. The van der Waals surface area contributed by atoms with Gasteiger partial charge >= 0.3 is 6.18 Å². The van der Waals surface area contributed by atoms with Crippen LogP contribution in [0.2, 0.25) is 0 Å². The van der Waals surface area contributed by atoms with Gasteiger partial charge in [0, 0.05) is 12.4 Å². The standard InChI is InChI=1S/C11H12F3N/c1-7(8-2-3-8)9-4-5-15-6-10(9)11(12,13)14/h4-8H,2-3H2,1H3. The molecule has 1 nitrogen and oxygen atoms in total. The molecule has 1 aliphatic carbocycles. The first-order chi connectivity index (χ1) is 7.00. The van der Waals surface area contributed by atoms with Crippen molar-refractivity contribution in [1.29, 1.82) is 0 Å². The van der Waals surface area contributed by atoms with Crippen LogP contribution in [0.3, 0.4) is 0 Å². The normalized spacial score (nSPS) is 18.9. The van der Waals surface area contributed by atoms with Crippen molar-refractivity contribution in [2.24, 2.45) is 5.92 Å². The number of rotatable bonds is 2. The molecule has 0 aliphatic heterocycles. The lowest BCUT2D eigenvalue weighted by atomic mass is 9.93. The van der Waals surface area contributed by atoms with Crippen LogP contribution in [0.4, 0.5) is 13.2 Å². The first-order valence-electron chi connectivity index (χ1n) is 5.01.